The summed E-state index contributed by atoms with van der Waals surface area (Å²) in [7, 11) is 0. The van der Waals surface area contributed by atoms with Gasteiger partial charge in [0.05, 0.1) is 12.5 Å². The number of hydrogen-bond donors (Lipinski definition) is 1. The van der Waals surface area contributed by atoms with Gasteiger partial charge in [-0.1, -0.05) is 0 Å². The molecule has 0 aromatic rings. The van der Waals surface area contributed by atoms with Crippen molar-refractivity contribution in [3.63, 3.8) is 0 Å². The van der Waals surface area contributed by atoms with Crippen LogP contribution in [0.25, 0.3) is 0 Å². The van der Waals surface area contributed by atoms with Crippen LogP contribution >= 0.6 is 0 Å². The molecular weight excluding hydrogens is 220 g/mol. The molecule has 17 heavy (non-hydrogen) atoms. The van der Waals surface area contributed by atoms with Gasteiger partial charge in [-0.3, -0.25) is 14.5 Å². The number of carboxylic acid groups (broad SMARTS) is 1. The lowest BCUT2D eigenvalue weighted by molar-refractivity contribution is -0.137. The molecule has 1 saturated heterocycles. The Labute approximate surface area is 102 Å². The summed E-state index contributed by atoms with van der Waals surface area (Å²) < 4.78 is 0. The third-order valence-corrected chi connectivity index (χ3v) is 3.40. The lowest BCUT2D eigenvalue weighted by Crippen LogP contribution is -2.40. The maximum absolute atomic E-state index is 11.3. The number of carbonyl (C=O) groups excluding carboxylic acids is 1. The summed E-state index contributed by atoms with van der Waals surface area (Å²) in [6, 6.07) is -0.0191. The Morgan fingerprint density at radius 2 is 1.94 bits per heavy atom. The van der Waals surface area contributed by atoms with Crippen LogP contribution in [0, 0.1) is 0 Å². The Morgan fingerprint density at radius 1 is 1.24 bits per heavy atom. The van der Waals surface area contributed by atoms with Gasteiger partial charge in [-0.05, 0) is 26.8 Å². The second-order valence-electron chi connectivity index (χ2n) is 4.66. The first kappa shape index (κ1) is 14.1. The molecule has 1 atom stereocenters. The van der Waals surface area contributed by atoms with Gasteiger partial charge in [0.25, 0.3) is 0 Å². The minimum atomic E-state index is -0.747. The molecule has 0 spiro atoms. The summed E-state index contributed by atoms with van der Waals surface area (Å²) in [5.74, 6) is -0.549. The summed E-state index contributed by atoms with van der Waals surface area (Å²) >= 11 is 0. The van der Waals surface area contributed by atoms with E-state index in [0.29, 0.717) is 6.54 Å². The van der Waals surface area contributed by atoms with E-state index in [0.717, 1.165) is 32.6 Å². The van der Waals surface area contributed by atoms with E-state index in [1.54, 1.807) is 6.92 Å². The zero-order valence-electron chi connectivity index (χ0n) is 10.7. The van der Waals surface area contributed by atoms with E-state index in [-0.39, 0.29) is 18.2 Å². The second-order valence-corrected chi connectivity index (χ2v) is 4.66. The lowest BCUT2D eigenvalue weighted by atomic mass is 10.2. The molecule has 1 fully saturated rings. The highest BCUT2D eigenvalue weighted by Gasteiger charge is 2.21. The standard InChI is InChI=1S/C12H22N2O3/c1-10(11(2)15)14-6-3-5-13(8-9-14)7-4-12(16)17/h10H,3-9H2,1-2H3,(H,16,17). The van der Waals surface area contributed by atoms with E-state index >= 15 is 0 Å². The number of ketones is 1. The van der Waals surface area contributed by atoms with Crippen molar-refractivity contribution in [1.29, 1.82) is 0 Å². The molecule has 0 radical (unpaired) electrons. The van der Waals surface area contributed by atoms with Crippen molar-refractivity contribution in [2.24, 2.45) is 0 Å². The summed E-state index contributed by atoms with van der Waals surface area (Å²) in [6.45, 7) is 7.72. The SMILES string of the molecule is CC(=O)C(C)N1CCCN(CCC(=O)O)CC1. The zero-order chi connectivity index (χ0) is 12.8. The monoisotopic (exact) mass is 242 g/mol. The minimum Gasteiger partial charge on any atom is -0.481 e. The van der Waals surface area contributed by atoms with Gasteiger partial charge >= 0.3 is 5.97 Å². The summed E-state index contributed by atoms with van der Waals surface area (Å²) in [5, 5.41) is 8.65. The normalized spacial score (nSPS) is 20.8. The molecule has 0 saturated carbocycles. The van der Waals surface area contributed by atoms with Crippen molar-refractivity contribution >= 4 is 11.8 Å². The first-order valence-corrected chi connectivity index (χ1v) is 6.19. The van der Waals surface area contributed by atoms with Crippen molar-refractivity contribution < 1.29 is 14.7 Å². The van der Waals surface area contributed by atoms with E-state index in [4.69, 9.17) is 5.11 Å². The van der Waals surface area contributed by atoms with Crippen LogP contribution in [0.2, 0.25) is 0 Å². The molecular formula is C12H22N2O3. The molecule has 0 aliphatic carbocycles. The first-order valence-electron chi connectivity index (χ1n) is 6.19. The van der Waals surface area contributed by atoms with Crippen LogP contribution < -0.4 is 0 Å². The van der Waals surface area contributed by atoms with E-state index in [1.165, 1.54) is 0 Å². The molecule has 0 aromatic heterocycles. The molecule has 1 rings (SSSR count). The van der Waals surface area contributed by atoms with Crippen LogP contribution in [0.1, 0.15) is 26.7 Å². The molecule has 0 aromatic carbocycles. The smallest absolute Gasteiger partial charge is 0.304 e. The van der Waals surface area contributed by atoms with Crippen LogP contribution in [0.15, 0.2) is 0 Å². The van der Waals surface area contributed by atoms with Crippen LogP contribution in [0.5, 0.6) is 0 Å². The largest absolute Gasteiger partial charge is 0.481 e. The predicted molar refractivity (Wildman–Crippen MR) is 65.0 cm³/mol. The molecule has 1 N–H and O–H groups in total. The van der Waals surface area contributed by atoms with Gasteiger partial charge in [-0.15, -0.1) is 0 Å². The Bertz CT molecular complexity index is 281. The summed E-state index contributed by atoms with van der Waals surface area (Å²) in [5.41, 5.74) is 0. The number of hydrogen-bond acceptors (Lipinski definition) is 4. The van der Waals surface area contributed by atoms with Gasteiger partial charge in [0, 0.05) is 26.2 Å². The number of carbonyl (C=O) groups is 2. The van der Waals surface area contributed by atoms with Gasteiger partial charge in [0.1, 0.15) is 5.78 Å². The van der Waals surface area contributed by atoms with Crippen molar-refractivity contribution in [3.8, 4) is 0 Å². The van der Waals surface area contributed by atoms with Gasteiger partial charge in [0.15, 0.2) is 0 Å². The van der Waals surface area contributed by atoms with Crippen molar-refractivity contribution in [3.05, 3.63) is 0 Å². The molecule has 0 amide bonds. The van der Waals surface area contributed by atoms with E-state index in [1.807, 2.05) is 6.92 Å². The average Bonchev–Trinajstić information content (AvgIpc) is 2.50. The van der Waals surface area contributed by atoms with Gasteiger partial charge in [0.2, 0.25) is 0 Å². The van der Waals surface area contributed by atoms with Gasteiger partial charge in [-0.2, -0.15) is 0 Å². The molecule has 5 heteroatoms. The zero-order valence-corrected chi connectivity index (χ0v) is 10.7. The maximum atomic E-state index is 11.3. The minimum absolute atomic E-state index is 0.0191. The maximum Gasteiger partial charge on any atom is 0.304 e. The Balaban J connectivity index is 2.39. The number of Topliss-reactive ketones (excluding diaryl/α,β-unsaturated/α-hetero) is 1. The highest BCUT2D eigenvalue weighted by Crippen LogP contribution is 2.08. The van der Waals surface area contributed by atoms with Crippen LogP contribution in [-0.2, 0) is 9.59 Å². The van der Waals surface area contributed by atoms with E-state index < -0.39 is 5.97 Å². The molecule has 1 aliphatic rings. The van der Waals surface area contributed by atoms with Crippen molar-refractivity contribution in [2.45, 2.75) is 32.7 Å². The Hall–Kier alpha value is -0.940. The quantitative estimate of drug-likeness (QED) is 0.758. The molecule has 1 heterocycles. The summed E-state index contributed by atoms with van der Waals surface area (Å²) in [6.07, 6.45) is 1.19. The highest BCUT2D eigenvalue weighted by molar-refractivity contribution is 5.80. The van der Waals surface area contributed by atoms with Crippen molar-refractivity contribution in [1.82, 2.24) is 9.80 Å². The van der Waals surface area contributed by atoms with Crippen LogP contribution in [0.4, 0.5) is 0 Å². The molecule has 0 bridgehead atoms. The second kappa shape index (κ2) is 6.71. The molecule has 1 aliphatic heterocycles. The number of rotatable bonds is 5. The predicted octanol–water partition coefficient (Wildman–Crippen LogP) is 0.446. The molecule has 1 unspecified atom stereocenters. The topological polar surface area (TPSA) is 60.9 Å². The fraction of sp³-hybridized carbons (Fsp3) is 0.833. The fourth-order valence-electron chi connectivity index (χ4n) is 2.11. The molecule has 5 nitrogen and oxygen atoms in total. The van der Waals surface area contributed by atoms with Gasteiger partial charge in [-0.25, -0.2) is 0 Å². The Morgan fingerprint density at radius 3 is 2.53 bits per heavy atom. The molecule has 98 valence electrons. The first-order chi connectivity index (χ1) is 8.00. The fourth-order valence-corrected chi connectivity index (χ4v) is 2.11. The summed E-state index contributed by atoms with van der Waals surface area (Å²) in [4.78, 5) is 26.2. The van der Waals surface area contributed by atoms with E-state index in [2.05, 4.69) is 9.80 Å². The third-order valence-electron chi connectivity index (χ3n) is 3.40. The van der Waals surface area contributed by atoms with Gasteiger partial charge < -0.3 is 10.0 Å². The number of nitrogens with zero attached hydrogens (tertiary/aromatic N) is 2. The van der Waals surface area contributed by atoms with Crippen LogP contribution in [0.3, 0.4) is 0 Å². The van der Waals surface area contributed by atoms with Crippen molar-refractivity contribution in [2.75, 3.05) is 32.7 Å². The Kier molecular flexibility index (Phi) is 5.58. The van der Waals surface area contributed by atoms with Crippen LogP contribution in [-0.4, -0.2) is 65.4 Å². The number of aliphatic carboxylic acids is 1. The third kappa shape index (κ3) is 4.83. The average molecular weight is 242 g/mol. The number of carboxylic acids is 1. The highest BCUT2D eigenvalue weighted by atomic mass is 16.4. The van der Waals surface area contributed by atoms with E-state index in [9.17, 15) is 9.59 Å². The lowest BCUT2D eigenvalue weighted by Gasteiger charge is -2.25.